The van der Waals surface area contributed by atoms with E-state index in [9.17, 15) is 31.5 Å². The lowest BCUT2D eigenvalue weighted by Gasteiger charge is -2.18. The van der Waals surface area contributed by atoms with Crippen LogP contribution in [-0.2, 0) is 21.6 Å². The molecule has 0 aromatic heterocycles. The van der Waals surface area contributed by atoms with Crippen LogP contribution in [0.4, 0.5) is 41.2 Å². The van der Waals surface area contributed by atoms with Crippen molar-refractivity contribution in [2.45, 2.75) is 12.0 Å². The van der Waals surface area contributed by atoms with Crippen molar-refractivity contribution in [2.75, 3.05) is 18.4 Å². The van der Waals surface area contributed by atoms with Crippen molar-refractivity contribution in [3.8, 4) is 5.75 Å². The van der Waals surface area contributed by atoms with Gasteiger partial charge in [0, 0.05) is 23.2 Å². The largest absolute Gasteiger partial charge is 0.444 e. The number of carbonyl (C=O) groups excluding carboxylic acids is 2. The average Bonchev–Trinajstić information content (AvgIpc) is 3.34. The second-order valence-electron chi connectivity index (χ2n) is 9.08. The summed E-state index contributed by atoms with van der Waals surface area (Å²) in [4.78, 5) is 24.8. The number of nitrogens with one attached hydrogen (secondary N) is 2. The van der Waals surface area contributed by atoms with Gasteiger partial charge in [-0.25, -0.2) is 26.7 Å². The molecule has 1 heterocycles. The van der Waals surface area contributed by atoms with Crippen LogP contribution >= 0.6 is 0 Å². The van der Waals surface area contributed by atoms with Crippen molar-refractivity contribution in [1.82, 2.24) is 5.32 Å². The number of ether oxygens (including phenoxy) is 2. The van der Waals surface area contributed by atoms with Crippen molar-refractivity contribution in [3.63, 3.8) is 0 Å². The molecular weight excluding hydrogens is 537 g/mol. The van der Waals surface area contributed by atoms with Gasteiger partial charge in [0.1, 0.15) is 18.2 Å². The topological polar surface area (TPSA) is 76.7 Å². The highest BCUT2D eigenvalue weighted by atomic mass is 19.2. The first kappa shape index (κ1) is 26.5. The van der Waals surface area contributed by atoms with E-state index < -0.39 is 81.3 Å². The smallest absolute Gasteiger partial charge is 0.411 e. The molecule has 3 unspecified atom stereocenters. The van der Waals surface area contributed by atoms with Crippen LogP contribution in [0.15, 0.2) is 42.5 Å². The van der Waals surface area contributed by atoms with Gasteiger partial charge in [-0.15, -0.1) is 0 Å². The third-order valence-electron chi connectivity index (χ3n) is 6.88. The SMILES string of the molecule is O=C(Nc1cc(F)c(C23CNCC2C3C(=O)Oc2c(F)c(F)c(F)c(F)c2F)c(F)c1)OCc1ccccc1. The Bertz CT molecular complexity index is 1430. The van der Waals surface area contributed by atoms with Crippen LogP contribution in [0.25, 0.3) is 0 Å². The summed E-state index contributed by atoms with van der Waals surface area (Å²) in [5.41, 5.74) is -1.72. The lowest BCUT2D eigenvalue weighted by atomic mass is 9.91. The lowest BCUT2D eigenvalue weighted by Crippen LogP contribution is -2.30. The molecule has 1 saturated carbocycles. The first-order valence-electron chi connectivity index (χ1n) is 11.5. The summed E-state index contributed by atoms with van der Waals surface area (Å²) in [6.07, 6.45) is -0.986. The maximum atomic E-state index is 15.2. The zero-order valence-corrected chi connectivity index (χ0v) is 19.6. The Balaban J connectivity index is 1.35. The fraction of sp³-hybridized carbons (Fsp3) is 0.231. The Morgan fingerprint density at radius 1 is 0.897 bits per heavy atom. The number of halogens is 7. The van der Waals surface area contributed by atoms with Crippen molar-refractivity contribution < 1.29 is 49.8 Å². The Labute approximate surface area is 215 Å². The van der Waals surface area contributed by atoms with Crippen LogP contribution in [0.5, 0.6) is 5.75 Å². The second-order valence-corrected chi connectivity index (χ2v) is 9.08. The van der Waals surface area contributed by atoms with Gasteiger partial charge in [-0.2, -0.15) is 8.78 Å². The molecule has 3 aromatic carbocycles. The Morgan fingerprint density at radius 3 is 2.10 bits per heavy atom. The first-order valence-corrected chi connectivity index (χ1v) is 11.5. The molecule has 39 heavy (non-hydrogen) atoms. The second kappa shape index (κ2) is 9.88. The van der Waals surface area contributed by atoms with Crippen molar-refractivity contribution >= 4 is 17.7 Å². The Morgan fingerprint density at radius 2 is 1.49 bits per heavy atom. The molecule has 2 aliphatic rings. The van der Waals surface area contributed by atoms with Gasteiger partial charge in [0.05, 0.1) is 5.92 Å². The number of piperidine rings is 1. The minimum atomic E-state index is -2.43. The Kier molecular flexibility index (Phi) is 6.70. The van der Waals surface area contributed by atoms with E-state index in [1.165, 1.54) is 0 Å². The zero-order chi connectivity index (χ0) is 28.1. The van der Waals surface area contributed by atoms with E-state index in [1.807, 2.05) is 0 Å². The predicted octanol–water partition coefficient (Wildman–Crippen LogP) is 5.10. The van der Waals surface area contributed by atoms with Crippen LogP contribution in [0.2, 0.25) is 0 Å². The number of rotatable bonds is 6. The normalized spacial score (nSPS) is 21.3. The average molecular weight is 554 g/mol. The van der Waals surface area contributed by atoms with Crippen LogP contribution in [0.3, 0.4) is 0 Å². The molecule has 0 spiro atoms. The lowest BCUT2D eigenvalue weighted by molar-refractivity contribution is -0.137. The molecule has 5 rings (SSSR count). The van der Waals surface area contributed by atoms with Crippen molar-refractivity contribution in [1.29, 1.82) is 0 Å². The standard InChI is InChI=1S/C26H17F7N2O4/c27-14-6-12(35-25(37)38-9-11-4-2-1-3-5-11)7-15(28)17(14)26-10-34-8-13(26)16(26)24(36)39-23-21(32)19(30)18(29)20(31)22(23)33/h1-7,13,16,34H,8-10H2,(H,35,37). The fourth-order valence-electron chi connectivity index (χ4n) is 5.10. The molecule has 1 saturated heterocycles. The third kappa shape index (κ3) is 4.46. The number of hydrogen-bond donors (Lipinski definition) is 2. The molecular formula is C26H17F7N2O4. The summed E-state index contributed by atoms with van der Waals surface area (Å²) >= 11 is 0. The van der Waals surface area contributed by atoms with Gasteiger partial charge in [0.25, 0.3) is 0 Å². The number of carbonyl (C=O) groups is 2. The van der Waals surface area contributed by atoms with Crippen LogP contribution in [0, 0.1) is 52.6 Å². The van der Waals surface area contributed by atoms with Gasteiger partial charge in [0.15, 0.2) is 0 Å². The van der Waals surface area contributed by atoms with E-state index >= 15 is 8.78 Å². The predicted molar refractivity (Wildman–Crippen MR) is 120 cm³/mol. The number of anilines is 1. The molecule has 2 N–H and O–H groups in total. The van der Waals surface area contributed by atoms with Gasteiger partial charge in [0.2, 0.25) is 34.8 Å². The minimum Gasteiger partial charge on any atom is -0.444 e. The van der Waals surface area contributed by atoms with Gasteiger partial charge in [-0.1, -0.05) is 30.3 Å². The highest BCUT2D eigenvalue weighted by Gasteiger charge is 2.73. The summed E-state index contributed by atoms with van der Waals surface area (Å²) in [7, 11) is 0. The summed E-state index contributed by atoms with van der Waals surface area (Å²) in [6.45, 7) is -0.186. The van der Waals surface area contributed by atoms with Gasteiger partial charge in [-0.3, -0.25) is 10.1 Å². The highest BCUT2D eigenvalue weighted by molar-refractivity contribution is 5.85. The van der Waals surface area contributed by atoms with Crippen molar-refractivity contribution in [2.24, 2.45) is 11.8 Å². The Hall–Kier alpha value is -4.13. The van der Waals surface area contributed by atoms with E-state index in [-0.39, 0.29) is 25.4 Å². The van der Waals surface area contributed by atoms with Gasteiger partial charge in [-0.05, 0) is 30.2 Å². The summed E-state index contributed by atoms with van der Waals surface area (Å²) in [5, 5.41) is 5.04. The quantitative estimate of drug-likeness (QED) is 0.146. The molecule has 6 nitrogen and oxygen atoms in total. The molecule has 1 amide bonds. The van der Waals surface area contributed by atoms with Crippen LogP contribution < -0.4 is 15.4 Å². The molecule has 3 aromatic rings. The van der Waals surface area contributed by atoms with E-state index in [1.54, 1.807) is 30.3 Å². The number of esters is 1. The highest BCUT2D eigenvalue weighted by Crippen LogP contribution is 2.63. The summed E-state index contributed by atoms with van der Waals surface area (Å²) in [6, 6.07) is 10.2. The maximum Gasteiger partial charge on any atom is 0.411 e. The summed E-state index contributed by atoms with van der Waals surface area (Å²) in [5.74, 6) is -19.4. The maximum absolute atomic E-state index is 15.2. The molecule has 13 heteroatoms. The van der Waals surface area contributed by atoms with Crippen LogP contribution in [-0.4, -0.2) is 25.2 Å². The molecule has 1 aliphatic heterocycles. The molecule has 0 radical (unpaired) electrons. The van der Waals surface area contributed by atoms with Gasteiger partial charge >= 0.3 is 12.1 Å². The first-order chi connectivity index (χ1) is 18.6. The van der Waals surface area contributed by atoms with E-state index in [0.29, 0.717) is 5.56 Å². The number of hydrogen-bond acceptors (Lipinski definition) is 5. The monoisotopic (exact) mass is 554 g/mol. The molecule has 2 fully saturated rings. The fourth-order valence-corrected chi connectivity index (χ4v) is 5.10. The number of benzene rings is 3. The molecule has 1 aliphatic carbocycles. The molecule has 3 atom stereocenters. The van der Waals surface area contributed by atoms with E-state index in [0.717, 1.165) is 12.1 Å². The van der Waals surface area contributed by atoms with Crippen LogP contribution in [0.1, 0.15) is 11.1 Å². The summed E-state index contributed by atoms with van der Waals surface area (Å²) < 4.78 is 108. The van der Waals surface area contributed by atoms with Gasteiger partial charge < -0.3 is 14.8 Å². The van der Waals surface area contributed by atoms with E-state index in [4.69, 9.17) is 4.74 Å². The number of amides is 1. The molecule has 0 bridgehead atoms. The van der Waals surface area contributed by atoms with E-state index in [2.05, 4.69) is 15.4 Å². The van der Waals surface area contributed by atoms with Crippen molar-refractivity contribution in [3.05, 3.63) is 94.3 Å². The minimum absolute atomic E-state index is 0.0571. The zero-order valence-electron chi connectivity index (χ0n) is 19.6. The third-order valence-corrected chi connectivity index (χ3v) is 6.88. The number of fused-ring (bicyclic) bond motifs is 1. The molecule has 204 valence electrons.